The lowest BCUT2D eigenvalue weighted by Crippen LogP contribution is -2.60. The summed E-state index contributed by atoms with van der Waals surface area (Å²) in [6, 6.07) is 6.97. The van der Waals surface area contributed by atoms with E-state index in [1.165, 1.54) is 35.6 Å². The van der Waals surface area contributed by atoms with E-state index in [1.54, 1.807) is 0 Å². The maximum Gasteiger partial charge on any atom is 0.348 e. The highest BCUT2D eigenvalue weighted by Crippen LogP contribution is 2.25. The van der Waals surface area contributed by atoms with E-state index in [9.17, 15) is 0 Å². The molecule has 1 aromatic carbocycles. The monoisotopic (exact) mass is 338 g/mol. The van der Waals surface area contributed by atoms with E-state index in [1.807, 2.05) is 0 Å². The first-order valence-electron chi connectivity index (χ1n) is 8.01. The average molecular weight is 339 g/mol. The second-order valence-electron chi connectivity index (χ2n) is 8.21. The Balaban J connectivity index is 2.39. The molecule has 21 heavy (non-hydrogen) atoms. The first-order chi connectivity index (χ1) is 9.49. The highest BCUT2D eigenvalue weighted by atomic mass is 28.5. The van der Waals surface area contributed by atoms with E-state index in [2.05, 4.69) is 64.0 Å². The molecule has 0 bridgehead atoms. The minimum Gasteiger partial charge on any atom is -0.433 e. The quantitative estimate of drug-likeness (QED) is 0.751. The van der Waals surface area contributed by atoms with Crippen LogP contribution in [-0.2, 0) is 21.1 Å². The van der Waals surface area contributed by atoms with Gasteiger partial charge in [0.25, 0.3) is 0 Å². The second-order valence-corrected chi connectivity index (χ2v) is 20.8. The first kappa shape index (κ1) is 17.1. The van der Waals surface area contributed by atoms with Crippen LogP contribution in [0.5, 0.6) is 0 Å². The van der Waals surface area contributed by atoms with E-state index in [4.69, 9.17) is 8.23 Å². The maximum atomic E-state index is 6.64. The molecule has 0 unspecified atom stereocenters. The summed E-state index contributed by atoms with van der Waals surface area (Å²) in [4.78, 5) is 0. The van der Waals surface area contributed by atoms with Gasteiger partial charge in [-0.25, -0.2) is 0 Å². The van der Waals surface area contributed by atoms with Gasteiger partial charge in [0.15, 0.2) is 16.6 Å². The van der Waals surface area contributed by atoms with Gasteiger partial charge in [0.2, 0.25) is 0 Å². The summed E-state index contributed by atoms with van der Waals surface area (Å²) < 4.78 is 13.3. The second kappa shape index (κ2) is 5.77. The molecule has 0 aliphatic heterocycles. The standard InChI is InChI=1S/C16H30O2Si3/c1-19(2,3)17-21(7,18-20(4,5)6)16-12-11-14-9-8-10-15(14)13-16/h11-13H,8-10H2,1-7H3. The van der Waals surface area contributed by atoms with Gasteiger partial charge in [0, 0.05) is 0 Å². The average Bonchev–Trinajstić information content (AvgIpc) is 2.69. The Morgan fingerprint density at radius 3 is 1.81 bits per heavy atom. The molecule has 1 aliphatic carbocycles. The molecule has 0 N–H and O–H groups in total. The van der Waals surface area contributed by atoms with Gasteiger partial charge < -0.3 is 8.23 Å². The van der Waals surface area contributed by atoms with Crippen LogP contribution >= 0.6 is 0 Å². The van der Waals surface area contributed by atoms with Crippen molar-refractivity contribution in [3.8, 4) is 0 Å². The summed E-state index contributed by atoms with van der Waals surface area (Å²) >= 11 is 0. The van der Waals surface area contributed by atoms with Crippen LogP contribution < -0.4 is 5.19 Å². The first-order valence-corrected chi connectivity index (χ1v) is 17.1. The maximum absolute atomic E-state index is 6.64. The Morgan fingerprint density at radius 1 is 0.762 bits per heavy atom. The number of hydrogen-bond donors (Lipinski definition) is 0. The van der Waals surface area contributed by atoms with Gasteiger partial charge in [-0.15, -0.1) is 0 Å². The van der Waals surface area contributed by atoms with Crippen LogP contribution in [0, 0.1) is 0 Å². The smallest absolute Gasteiger partial charge is 0.348 e. The fourth-order valence-electron chi connectivity index (χ4n) is 3.16. The fourth-order valence-corrected chi connectivity index (χ4v) is 14.8. The van der Waals surface area contributed by atoms with Crippen molar-refractivity contribution in [2.24, 2.45) is 0 Å². The predicted molar refractivity (Wildman–Crippen MR) is 98.6 cm³/mol. The summed E-state index contributed by atoms with van der Waals surface area (Å²) in [6.07, 6.45) is 3.74. The van der Waals surface area contributed by atoms with Crippen LogP contribution in [0.2, 0.25) is 45.8 Å². The summed E-state index contributed by atoms with van der Waals surface area (Å²) in [5.74, 6) is 0. The largest absolute Gasteiger partial charge is 0.433 e. The van der Waals surface area contributed by atoms with E-state index in [0.29, 0.717) is 0 Å². The van der Waals surface area contributed by atoms with Gasteiger partial charge >= 0.3 is 8.56 Å². The zero-order valence-corrected chi connectivity index (χ0v) is 17.7. The summed E-state index contributed by atoms with van der Waals surface area (Å²) in [6.45, 7) is 15.8. The molecule has 0 heterocycles. The van der Waals surface area contributed by atoms with Crippen LogP contribution in [0.3, 0.4) is 0 Å². The van der Waals surface area contributed by atoms with Gasteiger partial charge in [-0.05, 0) is 81.4 Å². The highest BCUT2D eigenvalue weighted by Gasteiger charge is 2.42. The van der Waals surface area contributed by atoms with Crippen LogP contribution in [-0.4, -0.2) is 25.2 Å². The van der Waals surface area contributed by atoms with E-state index in [0.717, 1.165) is 0 Å². The summed E-state index contributed by atoms with van der Waals surface area (Å²) in [5, 5.41) is 1.33. The van der Waals surface area contributed by atoms with E-state index >= 15 is 0 Å². The molecule has 0 aromatic heterocycles. The van der Waals surface area contributed by atoms with Crippen molar-refractivity contribution in [1.82, 2.24) is 0 Å². The van der Waals surface area contributed by atoms with Crippen LogP contribution in [0.4, 0.5) is 0 Å². The Bertz CT molecular complexity index is 499. The summed E-state index contributed by atoms with van der Waals surface area (Å²) in [7, 11) is -5.60. The Morgan fingerprint density at radius 2 is 1.29 bits per heavy atom. The van der Waals surface area contributed by atoms with Crippen LogP contribution in [0.1, 0.15) is 17.5 Å². The molecule has 2 nitrogen and oxygen atoms in total. The Hall–Kier alpha value is -0.209. The molecule has 0 saturated carbocycles. The van der Waals surface area contributed by atoms with Crippen LogP contribution in [0.25, 0.3) is 0 Å². The predicted octanol–water partition coefficient (Wildman–Crippen LogP) is 4.16. The molecule has 2 rings (SSSR count). The molecule has 0 atom stereocenters. The molecule has 1 aromatic rings. The zero-order chi connectivity index (χ0) is 15.9. The Labute approximate surface area is 133 Å². The molecule has 1 aliphatic rings. The van der Waals surface area contributed by atoms with Crippen molar-refractivity contribution >= 4 is 30.4 Å². The zero-order valence-electron chi connectivity index (χ0n) is 14.7. The normalized spacial score (nSPS) is 16.1. The molecule has 0 fully saturated rings. The molecule has 0 amide bonds. The topological polar surface area (TPSA) is 18.5 Å². The van der Waals surface area contributed by atoms with Crippen molar-refractivity contribution in [3.63, 3.8) is 0 Å². The van der Waals surface area contributed by atoms with Crippen molar-refractivity contribution in [1.29, 1.82) is 0 Å². The lowest BCUT2D eigenvalue weighted by atomic mass is 10.1. The van der Waals surface area contributed by atoms with Gasteiger partial charge in [-0.3, -0.25) is 0 Å². The lowest BCUT2D eigenvalue weighted by molar-refractivity contribution is 0.404. The van der Waals surface area contributed by atoms with Gasteiger partial charge in [0.1, 0.15) is 0 Å². The third-order valence-electron chi connectivity index (χ3n) is 3.62. The van der Waals surface area contributed by atoms with Gasteiger partial charge in [-0.1, -0.05) is 18.2 Å². The lowest BCUT2D eigenvalue weighted by Gasteiger charge is -2.38. The van der Waals surface area contributed by atoms with E-state index in [-0.39, 0.29) is 0 Å². The van der Waals surface area contributed by atoms with Gasteiger partial charge in [0.05, 0.1) is 0 Å². The number of aryl methyl sites for hydroxylation is 2. The molecule has 0 radical (unpaired) electrons. The molecule has 5 heteroatoms. The molecule has 0 spiro atoms. The third-order valence-corrected chi connectivity index (χ3v) is 13.0. The molecular formula is C16H30O2Si3. The highest BCUT2D eigenvalue weighted by molar-refractivity contribution is 6.94. The van der Waals surface area contributed by atoms with E-state index < -0.39 is 25.2 Å². The summed E-state index contributed by atoms with van der Waals surface area (Å²) in [5.41, 5.74) is 3.04. The number of hydrogen-bond acceptors (Lipinski definition) is 2. The van der Waals surface area contributed by atoms with Crippen LogP contribution in [0.15, 0.2) is 18.2 Å². The van der Waals surface area contributed by atoms with Crippen molar-refractivity contribution in [2.45, 2.75) is 65.1 Å². The number of benzene rings is 1. The molecule has 0 saturated heterocycles. The van der Waals surface area contributed by atoms with Gasteiger partial charge in [-0.2, -0.15) is 0 Å². The SMILES string of the molecule is C[Si](C)(C)O[Si](C)(O[Si](C)(C)C)c1ccc2c(c1)CCC2. The molecular weight excluding hydrogens is 308 g/mol. The Kier molecular flexibility index (Phi) is 4.71. The van der Waals surface area contributed by atoms with Crippen molar-refractivity contribution in [2.75, 3.05) is 0 Å². The number of fused-ring (bicyclic) bond motifs is 1. The third kappa shape index (κ3) is 4.63. The minimum atomic E-state index is -2.32. The molecule has 118 valence electrons. The minimum absolute atomic E-state index is 1.22. The van der Waals surface area contributed by atoms with Crippen molar-refractivity contribution in [3.05, 3.63) is 29.3 Å². The fraction of sp³-hybridized carbons (Fsp3) is 0.625. The van der Waals surface area contributed by atoms with Crippen molar-refractivity contribution < 1.29 is 8.23 Å². The number of rotatable bonds is 5.